The van der Waals surface area contributed by atoms with E-state index in [1.54, 1.807) is 0 Å². The fourth-order valence-corrected chi connectivity index (χ4v) is 4.63. The van der Waals surface area contributed by atoms with E-state index in [1.807, 2.05) is 93.7 Å². The summed E-state index contributed by atoms with van der Waals surface area (Å²) in [6.45, 7) is 0. The second kappa shape index (κ2) is 7.32. The summed E-state index contributed by atoms with van der Waals surface area (Å²) < 4.78 is 1.23. The van der Waals surface area contributed by atoms with Crippen LogP contribution in [0, 0.1) is 7.14 Å². The van der Waals surface area contributed by atoms with E-state index in [9.17, 15) is 19.8 Å². The summed E-state index contributed by atoms with van der Waals surface area (Å²) in [5, 5.41) is 23.3. The molecule has 4 rings (SSSR count). The molecule has 0 fully saturated rings. The van der Waals surface area contributed by atoms with Crippen LogP contribution in [0.5, 0.6) is 11.5 Å². The Hall–Kier alpha value is -2.20. The molecule has 138 valence electrons. The highest BCUT2D eigenvalue weighted by Crippen LogP contribution is 2.36. The van der Waals surface area contributed by atoms with Crippen molar-refractivity contribution in [3.8, 4) is 22.6 Å². The minimum absolute atomic E-state index is 0.00247. The Kier molecular flexibility index (Phi) is 5.00. The maximum Gasteiger partial charge on any atom is 0.154 e. The molecule has 2 N–H and O–H groups in total. The van der Waals surface area contributed by atoms with Crippen molar-refractivity contribution < 1.29 is 19.8 Å². The Morgan fingerprint density at radius 2 is 1.04 bits per heavy atom. The van der Waals surface area contributed by atoms with Crippen molar-refractivity contribution in [3.05, 3.63) is 66.8 Å². The number of hydrogen-bond acceptors (Lipinski definition) is 4. The van der Waals surface area contributed by atoms with Gasteiger partial charge in [-0.1, -0.05) is 24.3 Å². The highest BCUT2D eigenvalue weighted by Gasteiger charge is 2.14. The first-order chi connectivity index (χ1) is 13.4. The molecule has 6 heteroatoms. The van der Waals surface area contributed by atoms with Gasteiger partial charge in [-0.15, -0.1) is 0 Å². The van der Waals surface area contributed by atoms with Crippen LogP contribution in [0.4, 0.5) is 0 Å². The number of phenols is 2. The predicted octanol–water partition coefficient (Wildman–Crippen LogP) is 5.91. The van der Waals surface area contributed by atoms with Crippen LogP contribution in [0.25, 0.3) is 32.7 Å². The van der Waals surface area contributed by atoms with Gasteiger partial charge in [0.2, 0.25) is 0 Å². The first-order valence-electron chi connectivity index (χ1n) is 8.25. The van der Waals surface area contributed by atoms with Gasteiger partial charge in [0.25, 0.3) is 0 Å². The van der Waals surface area contributed by atoms with E-state index < -0.39 is 0 Å². The standard InChI is InChI=1S/C22H12I2O4/c23-19-7-13-5-11(1-3-15(13)17(9-25)21(19)27)12-2-4-16-14(6-12)8-20(24)22(28)18(16)10-26/h1-10,27-28H. The van der Waals surface area contributed by atoms with Gasteiger partial charge in [0, 0.05) is 0 Å². The molecule has 4 aromatic rings. The van der Waals surface area contributed by atoms with Crippen LogP contribution in [0.3, 0.4) is 0 Å². The first-order valence-corrected chi connectivity index (χ1v) is 10.4. The van der Waals surface area contributed by atoms with Crippen LogP contribution in [-0.2, 0) is 0 Å². The Balaban J connectivity index is 1.94. The molecule has 0 heterocycles. The minimum Gasteiger partial charge on any atom is -0.506 e. The smallest absolute Gasteiger partial charge is 0.154 e. The summed E-state index contributed by atoms with van der Waals surface area (Å²) in [6.07, 6.45) is 1.34. The van der Waals surface area contributed by atoms with Crippen molar-refractivity contribution in [3.63, 3.8) is 0 Å². The molecule has 4 aromatic carbocycles. The second-order valence-electron chi connectivity index (χ2n) is 6.35. The lowest BCUT2D eigenvalue weighted by molar-refractivity contribution is 0.111. The molecule has 0 radical (unpaired) electrons. The quantitative estimate of drug-likeness (QED) is 0.229. The van der Waals surface area contributed by atoms with E-state index in [2.05, 4.69) is 0 Å². The number of carbonyl (C=O) groups excluding carboxylic acids is 2. The molecule has 0 aromatic heterocycles. The van der Waals surface area contributed by atoms with Gasteiger partial charge in [0.05, 0.1) is 18.3 Å². The maximum atomic E-state index is 11.4. The number of rotatable bonds is 3. The Morgan fingerprint density at radius 1 is 0.643 bits per heavy atom. The summed E-state index contributed by atoms with van der Waals surface area (Å²) in [6, 6.07) is 15.1. The Labute approximate surface area is 187 Å². The number of phenolic OH excluding ortho intramolecular Hbond substituents is 2. The SMILES string of the molecule is O=Cc1c(O)c(I)cc2cc(-c3ccc4c(C=O)c(O)c(I)cc4c3)ccc12. The van der Waals surface area contributed by atoms with Gasteiger partial charge >= 0.3 is 0 Å². The molecule has 28 heavy (non-hydrogen) atoms. The fraction of sp³-hybridized carbons (Fsp3) is 0. The molecule has 0 spiro atoms. The number of benzene rings is 4. The van der Waals surface area contributed by atoms with Gasteiger partial charge in [0.15, 0.2) is 12.6 Å². The van der Waals surface area contributed by atoms with E-state index in [0.29, 0.717) is 30.5 Å². The summed E-state index contributed by atoms with van der Waals surface area (Å²) in [5.74, 6) is -0.00494. The fourth-order valence-electron chi connectivity index (χ4n) is 3.37. The molecular weight excluding hydrogens is 582 g/mol. The maximum absolute atomic E-state index is 11.4. The van der Waals surface area contributed by atoms with Crippen LogP contribution in [0.2, 0.25) is 0 Å². The Bertz CT molecular complexity index is 1190. The molecule has 0 aliphatic heterocycles. The largest absolute Gasteiger partial charge is 0.506 e. The van der Waals surface area contributed by atoms with Crippen LogP contribution < -0.4 is 0 Å². The number of fused-ring (bicyclic) bond motifs is 2. The zero-order valence-electron chi connectivity index (χ0n) is 14.2. The lowest BCUT2D eigenvalue weighted by Crippen LogP contribution is -1.91. The number of aromatic hydroxyl groups is 2. The molecular formula is C22H12I2O4. The normalized spacial score (nSPS) is 11.1. The Morgan fingerprint density at radius 3 is 1.39 bits per heavy atom. The average molecular weight is 594 g/mol. The van der Waals surface area contributed by atoms with Crippen molar-refractivity contribution in [1.82, 2.24) is 0 Å². The van der Waals surface area contributed by atoms with E-state index in [4.69, 9.17) is 0 Å². The third-order valence-corrected chi connectivity index (χ3v) is 6.42. The van der Waals surface area contributed by atoms with Crippen molar-refractivity contribution in [2.24, 2.45) is 0 Å². The molecule has 0 aliphatic carbocycles. The number of hydrogen-bond donors (Lipinski definition) is 2. The van der Waals surface area contributed by atoms with Gasteiger partial charge in [-0.2, -0.15) is 0 Å². The molecule has 0 aliphatic rings. The van der Waals surface area contributed by atoms with Crippen molar-refractivity contribution in [1.29, 1.82) is 0 Å². The van der Waals surface area contributed by atoms with Crippen LogP contribution in [-0.4, -0.2) is 22.8 Å². The van der Waals surface area contributed by atoms with Gasteiger partial charge < -0.3 is 10.2 Å². The van der Waals surface area contributed by atoms with E-state index in [-0.39, 0.29) is 22.6 Å². The van der Waals surface area contributed by atoms with Crippen molar-refractivity contribution in [2.45, 2.75) is 0 Å². The molecule has 0 atom stereocenters. The van der Waals surface area contributed by atoms with Gasteiger partial charge in [0.1, 0.15) is 11.5 Å². The van der Waals surface area contributed by atoms with Crippen molar-refractivity contribution >= 4 is 79.3 Å². The zero-order valence-corrected chi connectivity index (χ0v) is 18.6. The third-order valence-electron chi connectivity index (χ3n) is 4.78. The summed E-state index contributed by atoms with van der Waals surface area (Å²) in [5.41, 5.74) is 2.46. The number of aldehydes is 2. The highest BCUT2D eigenvalue weighted by atomic mass is 127. The molecule has 0 amide bonds. The number of carbonyl (C=O) groups is 2. The minimum atomic E-state index is -0.00247. The summed E-state index contributed by atoms with van der Waals surface area (Å²) >= 11 is 4.01. The first kappa shape index (κ1) is 19.1. The summed E-state index contributed by atoms with van der Waals surface area (Å²) in [4.78, 5) is 22.8. The summed E-state index contributed by atoms with van der Waals surface area (Å²) in [7, 11) is 0. The van der Waals surface area contributed by atoms with E-state index in [1.165, 1.54) is 0 Å². The van der Waals surface area contributed by atoms with E-state index in [0.717, 1.165) is 21.9 Å². The van der Waals surface area contributed by atoms with Crippen LogP contribution in [0.15, 0.2) is 48.5 Å². The highest BCUT2D eigenvalue weighted by molar-refractivity contribution is 14.1. The van der Waals surface area contributed by atoms with Crippen LogP contribution >= 0.6 is 45.2 Å². The topological polar surface area (TPSA) is 74.6 Å². The van der Waals surface area contributed by atoms with Gasteiger partial charge in [-0.05, 0) is 102 Å². The molecule has 4 nitrogen and oxygen atoms in total. The predicted molar refractivity (Wildman–Crippen MR) is 126 cm³/mol. The molecule has 0 bridgehead atoms. The molecule has 0 saturated heterocycles. The zero-order chi connectivity index (χ0) is 20.0. The monoisotopic (exact) mass is 594 g/mol. The molecule has 0 unspecified atom stereocenters. The number of halogens is 2. The lowest BCUT2D eigenvalue weighted by Gasteiger charge is -2.11. The van der Waals surface area contributed by atoms with E-state index >= 15 is 0 Å². The average Bonchev–Trinajstić information content (AvgIpc) is 2.69. The van der Waals surface area contributed by atoms with Gasteiger partial charge in [-0.25, -0.2) is 0 Å². The lowest BCUT2D eigenvalue weighted by atomic mass is 9.95. The van der Waals surface area contributed by atoms with Crippen LogP contribution in [0.1, 0.15) is 20.7 Å². The van der Waals surface area contributed by atoms with Gasteiger partial charge in [-0.3, -0.25) is 9.59 Å². The van der Waals surface area contributed by atoms with Crippen molar-refractivity contribution in [2.75, 3.05) is 0 Å². The molecule has 0 saturated carbocycles. The second-order valence-corrected chi connectivity index (χ2v) is 8.67. The third kappa shape index (κ3) is 3.04.